The lowest BCUT2D eigenvalue weighted by Gasteiger charge is -2.23. The molecular formula is C25H20Cl2N2O2S. The zero-order valence-corrected chi connectivity index (χ0v) is 19.6. The Hall–Kier alpha value is -2.86. The number of carbonyl (C=O) groups is 2. The first-order chi connectivity index (χ1) is 15.4. The number of para-hydroxylation sites is 1. The van der Waals surface area contributed by atoms with E-state index in [2.05, 4.69) is 5.32 Å². The van der Waals surface area contributed by atoms with Crippen molar-refractivity contribution in [3.8, 4) is 0 Å². The van der Waals surface area contributed by atoms with Crippen molar-refractivity contribution in [2.45, 2.75) is 13.3 Å². The van der Waals surface area contributed by atoms with Gasteiger partial charge in [0.25, 0.3) is 0 Å². The van der Waals surface area contributed by atoms with Crippen LogP contribution in [0.25, 0.3) is 10.1 Å². The minimum Gasteiger partial charge on any atom is -0.307 e. The Morgan fingerprint density at radius 1 is 0.938 bits per heavy atom. The van der Waals surface area contributed by atoms with E-state index in [0.717, 1.165) is 20.5 Å². The topological polar surface area (TPSA) is 49.4 Å². The molecule has 3 aromatic carbocycles. The Kier molecular flexibility index (Phi) is 6.80. The molecule has 0 bridgehead atoms. The normalized spacial score (nSPS) is 10.8. The number of hydrogen-bond donors (Lipinski definition) is 1. The largest absolute Gasteiger partial charge is 0.326 e. The molecule has 1 heterocycles. The minimum atomic E-state index is -0.351. The molecule has 0 saturated heterocycles. The summed E-state index contributed by atoms with van der Waals surface area (Å²) in [5.74, 6) is 0.0203. The SMILES string of the molecule is Cc1c(C(=O)CCN(C(=O)Nc2ccc(Cl)c(Cl)c2)c2ccccc2)sc2ccccc12. The number of carbonyl (C=O) groups excluding carboxylic acids is 2. The molecule has 0 radical (unpaired) electrons. The standard InChI is InChI=1S/C25H20Cl2N2O2S/c1-16-19-9-5-6-10-23(19)32-24(16)22(30)13-14-29(18-7-3-2-4-8-18)25(31)28-17-11-12-20(26)21(27)15-17/h2-12,15H,13-14H2,1H3,(H,28,31). The van der Waals surface area contributed by atoms with Gasteiger partial charge in [0.05, 0.1) is 14.9 Å². The first-order valence-corrected chi connectivity index (χ1v) is 11.6. The lowest BCUT2D eigenvalue weighted by molar-refractivity contribution is 0.0988. The first kappa shape index (κ1) is 22.3. The van der Waals surface area contributed by atoms with Crippen molar-refractivity contribution in [1.29, 1.82) is 0 Å². The number of aryl methyl sites for hydroxylation is 1. The molecule has 32 heavy (non-hydrogen) atoms. The number of thiophene rings is 1. The highest BCUT2D eigenvalue weighted by molar-refractivity contribution is 7.21. The van der Waals surface area contributed by atoms with Crippen LogP contribution in [0, 0.1) is 6.92 Å². The summed E-state index contributed by atoms with van der Waals surface area (Å²) in [6.07, 6.45) is 0.206. The number of nitrogens with one attached hydrogen (secondary N) is 1. The van der Waals surface area contributed by atoms with Crippen molar-refractivity contribution in [2.75, 3.05) is 16.8 Å². The third kappa shape index (κ3) is 4.80. The molecule has 0 saturated carbocycles. The average Bonchev–Trinajstić information content (AvgIpc) is 3.14. The lowest BCUT2D eigenvalue weighted by Crippen LogP contribution is -2.36. The van der Waals surface area contributed by atoms with Gasteiger partial charge in [0.1, 0.15) is 0 Å². The van der Waals surface area contributed by atoms with E-state index in [1.807, 2.05) is 61.5 Å². The van der Waals surface area contributed by atoms with Crippen LogP contribution >= 0.6 is 34.5 Å². The molecule has 0 atom stereocenters. The highest BCUT2D eigenvalue weighted by atomic mass is 35.5. The highest BCUT2D eigenvalue weighted by Gasteiger charge is 2.20. The number of hydrogen-bond acceptors (Lipinski definition) is 3. The maximum Gasteiger partial charge on any atom is 0.326 e. The third-order valence-electron chi connectivity index (χ3n) is 5.14. The van der Waals surface area contributed by atoms with E-state index in [0.29, 0.717) is 21.4 Å². The molecule has 4 rings (SSSR count). The second-order valence-corrected chi connectivity index (χ2v) is 9.14. The Balaban J connectivity index is 1.54. The Bertz CT molecular complexity index is 1290. The summed E-state index contributed by atoms with van der Waals surface area (Å²) in [7, 11) is 0. The third-order valence-corrected chi connectivity index (χ3v) is 7.20. The molecule has 0 unspecified atom stereocenters. The van der Waals surface area contributed by atoms with E-state index in [4.69, 9.17) is 23.2 Å². The minimum absolute atomic E-state index is 0.0203. The van der Waals surface area contributed by atoms with Crippen LogP contribution < -0.4 is 10.2 Å². The van der Waals surface area contributed by atoms with Crippen LogP contribution in [0.3, 0.4) is 0 Å². The zero-order chi connectivity index (χ0) is 22.7. The van der Waals surface area contributed by atoms with Crippen molar-refractivity contribution in [1.82, 2.24) is 0 Å². The van der Waals surface area contributed by atoms with E-state index in [-0.39, 0.29) is 24.8 Å². The van der Waals surface area contributed by atoms with Gasteiger partial charge >= 0.3 is 6.03 Å². The van der Waals surface area contributed by atoms with Crippen molar-refractivity contribution in [2.24, 2.45) is 0 Å². The highest BCUT2D eigenvalue weighted by Crippen LogP contribution is 2.31. The van der Waals surface area contributed by atoms with E-state index >= 15 is 0 Å². The molecule has 0 aliphatic carbocycles. The maximum absolute atomic E-state index is 13.1. The number of Topliss-reactive ketones (excluding diaryl/α,β-unsaturated/α-hetero) is 1. The van der Waals surface area contributed by atoms with Gasteiger partial charge in [-0.3, -0.25) is 9.69 Å². The molecule has 0 aliphatic heterocycles. The van der Waals surface area contributed by atoms with Crippen LogP contribution in [0.2, 0.25) is 10.0 Å². The summed E-state index contributed by atoms with van der Waals surface area (Å²) >= 11 is 13.5. The summed E-state index contributed by atoms with van der Waals surface area (Å²) < 4.78 is 1.09. The number of nitrogens with zero attached hydrogens (tertiary/aromatic N) is 1. The zero-order valence-electron chi connectivity index (χ0n) is 17.3. The van der Waals surface area contributed by atoms with Gasteiger partial charge in [0.2, 0.25) is 0 Å². The lowest BCUT2D eigenvalue weighted by atomic mass is 10.1. The second-order valence-electron chi connectivity index (χ2n) is 7.27. The molecular weight excluding hydrogens is 463 g/mol. The van der Waals surface area contributed by atoms with E-state index in [9.17, 15) is 9.59 Å². The van der Waals surface area contributed by atoms with Crippen molar-refractivity contribution in [3.05, 3.63) is 93.3 Å². The smallest absolute Gasteiger partial charge is 0.307 e. The second kappa shape index (κ2) is 9.74. The average molecular weight is 483 g/mol. The van der Waals surface area contributed by atoms with E-state index in [1.54, 1.807) is 23.1 Å². The Morgan fingerprint density at radius 2 is 1.66 bits per heavy atom. The number of anilines is 2. The fourth-order valence-corrected chi connectivity index (χ4v) is 4.96. The molecule has 0 fully saturated rings. The maximum atomic E-state index is 13.1. The van der Waals surface area contributed by atoms with Crippen LogP contribution in [0.5, 0.6) is 0 Å². The molecule has 7 heteroatoms. The van der Waals surface area contributed by atoms with Gasteiger partial charge in [-0.05, 0) is 54.3 Å². The fraction of sp³-hybridized carbons (Fsp3) is 0.120. The molecule has 1 N–H and O–H groups in total. The Morgan fingerprint density at radius 3 is 2.38 bits per heavy atom. The fourth-order valence-electron chi connectivity index (χ4n) is 3.49. The molecule has 0 spiro atoms. The van der Waals surface area contributed by atoms with Crippen LogP contribution in [0.4, 0.5) is 16.2 Å². The number of benzene rings is 3. The summed E-state index contributed by atoms with van der Waals surface area (Å²) in [4.78, 5) is 28.4. The molecule has 1 aromatic heterocycles. The van der Waals surface area contributed by atoms with E-state index in [1.165, 1.54) is 11.3 Å². The first-order valence-electron chi connectivity index (χ1n) is 10.0. The predicted octanol–water partition coefficient (Wildman–Crippen LogP) is 7.83. The number of amides is 2. The summed E-state index contributed by atoms with van der Waals surface area (Å²) in [5, 5.41) is 4.70. The molecule has 2 amide bonds. The van der Waals surface area contributed by atoms with Crippen molar-refractivity contribution < 1.29 is 9.59 Å². The van der Waals surface area contributed by atoms with Gasteiger partial charge in [-0.2, -0.15) is 0 Å². The van der Waals surface area contributed by atoms with Gasteiger partial charge in [-0.25, -0.2) is 4.79 Å². The number of urea groups is 1. The number of rotatable bonds is 6. The Labute approximate surface area is 200 Å². The summed E-state index contributed by atoms with van der Waals surface area (Å²) in [5.41, 5.74) is 2.21. The predicted molar refractivity (Wildman–Crippen MR) is 135 cm³/mol. The molecule has 162 valence electrons. The van der Waals surface area contributed by atoms with Gasteiger partial charge in [0.15, 0.2) is 5.78 Å². The van der Waals surface area contributed by atoms with Crippen molar-refractivity contribution >= 4 is 67.8 Å². The van der Waals surface area contributed by atoms with Gasteiger partial charge in [-0.1, -0.05) is 59.6 Å². The van der Waals surface area contributed by atoms with Crippen LogP contribution in [-0.2, 0) is 0 Å². The molecule has 4 nitrogen and oxygen atoms in total. The number of halogens is 2. The van der Waals surface area contributed by atoms with E-state index < -0.39 is 0 Å². The molecule has 0 aliphatic rings. The molecule has 4 aromatic rings. The van der Waals surface area contributed by atoms with Gasteiger partial charge < -0.3 is 5.32 Å². The number of ketones is 1. The summed E-state index contributed by atoms with van der Waals surface area (Å²) in [6.45, 7) is 2.21. The quantitative estimate of drug-likeness (QED) is 0.284. The van der Waals surface area contributed by atoms with Gasteiger partial charge in [0, 0.05) is 29.0 Å². The van der Waals surface area contributed by atoms with Crippen molar-refractivity contribution in [3.63, 3.8) is 0 Å². The van der Waals surface area contributed by atoms with Crippen LogP contribution in [-0.4, -0.2) is 18.4 Å². The van der Waals surface area contributed by atoms with Crippen LogP contribution in [0.15, 0.2) is 72.8 Å². The van der Waals surface area contributed by atoms with Crippen LogP contribution in [0.1, 0.15) is 21.7 Å². The summed E-state index contributed by atoms with van der Waals surface area (Å²) in [6, 6.07) is 21.8. The van der Waals surface area contributed by atoms with Gasteiger partial charge in [-0.15, -0.1) is 11.3 Å². The monoisotopic (exact) mass is 482 g/mol. The number of fused-ring (bicyclic) bond motifs is 1.